The van der Waals surface area contributed by atoms with E-state index in [2.05, 4.69) is 49.3 Å². The quantitative estimate of drug-likeness (QED) is 0.211. The van der Waals surface area contributed by atoms with Crippen LogP contribution in [-0.4, -0.2) is 16.8 Å². The van der Waals surface area contributed by atoms with Gasteiger partial charge in [-0.1, -0.05) is 57.9 Å². The highest BCUT2D eigenvalue weighted by Gasteiger charge is 2.36. The summed E-state index contributed by atoms with van der Waals surface area (Å²) in [5.41, 5.74) is 6.01. The summed E-state index contributed by atoms with van der Waals surface area (Å²) in [4.78, 5) is 26.8. The van der Waals surface area contributed by atoms with E-state index in [1.54, 1.807) is 30.3 Å². The molecule has 1 aliphatic heterocycles. The summed E-state index contributed by atoms with van der Waals surface area (Å²) in [5.74, 6) is -0.174. The summed E-state index contributed by atoms with van der Waals surface area (Å²) in [5, 5.41) is 5.25. The fourth-order valence-corrected chi connectivity index (χ4v) is 5.08. The normalized spacial score (nSPS) is 14.5. The molecule has 4 aromatic rings. The van der Waals surface area contributed by atoms with E-state index >= 15 is 0 Å². The van der Waals surface area contributed by atoms with Gasteiger partial charge in [-0.05, 0) is 88.8 Å². The predicted molar refractivity (Wildman–Crippen MR) is 156 cm³/mol. The highest BCUT2D eigenvalue weighted by Crippen LogP contribution is 2.37. The summed E-state index contributed by atoms with van der Waals surface area (Å²) in [6.07, 6.45) is -0.713. The number of ether oxygens (including phenoxy) is 1. The minimum Gasteiger partial charge on any atom is -0.488 e. The van der Waals surface area contributed by atoms with Crippen LogP contribution in [0.25, 0.3) is 0 Å². The molecule has 5 rings (SSSR count). The summed E-state index contributed by atoms with van der Waals surface area (Å²) in [6.45, 7) is 0.336. The molecule has 1 heterocycles. The molecule has 0 radical (unpaired) electrons. The zero-order chi connectivity index (χ0) is 25.9. The fourth-order valence-electron chi connectivity index (χ4n) is 4.01. The highest BCUT2D eigenvalue weighted by atomic mass is 127. The fraction of sp³-hybridized carbons (Fsp3) is 0.0714. The van der Waals surface area contributed by atoms with Gasteiger partial charge in [0.25, 0.3) is 11.8 Å². The van der Waals surface area contributed by atoms with Gasteiger partial charge < -0.3 is 10.1 Å². The number of hydrazine groups is 1. The van der Waals surface area contributed by atoms with E-state index < -0.39 is 12.1 Å². The molecular weight excluding hydrogens is 669 g/mol. The molecule has 186 valence electrons. The van der Waals surface area contributed by atoms with E-state index in [0.29, 0.717) is 39.8 Å². The molecule has 1 atom stereocenters. The van der Waals surface area contributed by atoms with Crippen molar-refractivity contribution in [1.82, 2.24) is 10.4 Å². The largest absolute Gasteiger partial charge is 0.488 e. The minimum absolute atomic E-state index is 0.332. The SMILES string of the molecule is O=C(NN1C(=O)c2cc(I)ccc2N[C@@H]1c1ccccc1OCc1cccc(Br)c1)c1ccc(Cl)cc1. The van der Waals surface area contributed by atoms with Crippen LogP contribution in [0.5, 0.6) is 5.75 Å². The maximum Gasteiger partial charge on any atom is 0.276 e. The van der Waals surface area contributed by atoms with Gasteiger partial charge in [0.1, 0.15) is 12.4 Å². The van der Waals surface area contributed by atoms with E-state index in [4.69, 9.17) is 16.3 Å². The Labute approximate surface area is 241 Å². The number of rotatable bonds is 6. The number of fused-ring (bicyclic) bond motifs is 1. The maximum atomic E-state index is 13.7. The first kappa shape index (κ1) is 25.6. The monoisotopic (exact) mass is 687 g/mol. The number of carbonyl (C=O) groups excluding carboxylic acids is 2. The molecule has 0 aromatic heterocycles. The third-order valence-electron chi connectivity index (χ3n) is 5.81. The number of nitrogens with zero attached hydrogens (tertiary/aromatic N) is 1. The highest BCUT2D eigenvalue weighted by molar-refractivity contribution is 14.1. The van der Waals surface area contributed by atoms with Gasteiger partial charge >= 0.3 is 0 Å². The topological polar surface area (TPSA) is 70.7 Å². The standard InChI is InChI=1S/C28H20BrClIN3O3/c29-19-5-3-4-17(14-19)16-37-25-7-2-1-6-22(25)26-32-24-13-12-21(31)15-23(24)28(36)34(26)33-27(35)18-8-10-20(30)11-9-18/h1-15,26,32H,16H2,(H,33,35)/t26-/m0/s1. The number of hydrogen-bond acceptors (Lipinski definition) is 4. The summed E-state index contributed by atoms with van der Waals surface area (Å²) < 4.78 is 8.07. The first-order valence-electron chi connectivity index (χ1n) is 11.3. The Hall–Kier alpha value is -3.08. The molecule has 2 amide bonds. The Morgan fingerprint density at radius 1 is 1.03 bits per heavy atom. The average Bonchev–Trinajstić information content (AvgIpc) is 2.90. The molecule has 0 saturated heterocycles. The third-order valence-corrected chi connectivity index (χ3v) is 7.22. The first-order chi connectivity index (χ1) is 17.9. The van der Waals surface area contributed by atoms with Gasteiger partial charge in [-0.25, -0.2) is 5.01 Å². The Morgan fingerprint density at radius 2 is 1.81 bits per heavy atom. The smallest absolute Gasteiger partial charge is 0.276 e. The van der Waals surface area contributed by atoms with Gasteiger partial charge in [0.15, 0.2) is 6.17 Å². The van der Waals surface area contributed by atoms with Crippen molar-refractivity contribution in [2.75, 3.05) is 5.32 Å². The molecular formula is C28H20BrClIN3O3. The zero-order valence-electron chi connectivity index (χ0n) is 19.3. The maximum absolute atomic E-state index is 13.7. The van der Waals surface area contributed by atoms with Crippen LogP contribution >= 0.6 is 50.1 Å². The molecule has 1 aliphatic rings. The third kappa shape index (κ3) is 5.76. The first-order valence-corrected chi connectivity index (χ1v) is 13.6. The van der Waals surface area contributed by atoms with Gasteiger partial charge in [0.2, 0.25) is 0 Å². The second kappa shape index (κ2) is 11.1. The Morgan fingerprint density at radius 3 is 2.59 bits per heavy atom. The molecule has 0 bridgehead atoms. The van der Waals surface area contributed by atoms with Crippen molar-refractivity contribution >= 4 is 67.6 Å². The number of hydrogen-bond donors (Lipinski definition) is 2. The van der Waals surface area contributed by atoms with Gasteiger partial charge in [0, 0.05) is 29.9 Å². The molecule has 9 heteroatoms. The number of carbonyl (C=O) groups is 2. The number of anilines is 1. The van der Waals surface area contributed by atoms with E-state index in [0.717, 1.165) is 13.6 Å². The van der Waals surface area contributed by atoms with Crippen LogP contribution in [-0.2, 0) is 6.61 Å². The van der Waals surface area contributed by atoms with E-state index in [1.165, 1.54) is 5.01 Å². The molecule has 0 fully saturated rings. The van der Waals surface area contributed by atoms with Crippen molar-refractivity contribution in [3.8, 4) is 5.75 Å². The van der Waals surface area contributed by atoms with Crippen LogP contribution in [0, 0.1) is 3.57 Å². The van der Waals surface area contributed by atoms with Crippen molar-refractivity contribution in [2.45, 2.75) is 12.8 Å². The Balaban J connectivity index is 1.50. The van der Waals surface area contributed by atoms with Crippen LogP contribution in [0.15, 0.2) is 95.5 Å². The molecule has 37 heavy (non-hydrogen) atoms. The second-order valence-electron chi connectivity index (χ2n) is 8.32. The minimum atomic E-state index is -0.713. The van der Waals surface area contributed by atoms with Crippen LogP contribution in [0.2, 0.25) is 5.02 Å². The number of nitrogens with one attached hydrogen (secondary N) is 2. The molecule has 0 spiro atoms. The van der Waals surface area contributed by atoms with Crippen molar-refractivity contribution in [1.29, 1.82) is 0 Å². The Bertz CT molecular complexity index is 1480. The van der Waals surface area contributed by atoms with Crippen molar-refractivity contribution in [3.05, 3.63) is 126 Å². The number of benzene rings is 4. The summed E-state index contributed by atoms with van der Waals surface area (Å²) >= 11 is 11.6. The van der Waals surface area contributed by atoms with Crippen molar-refractivity contribution < 1.29 is 14.3 Å². The molecule has 2 N–H and O–H groups in total. The second-order valence-corrected chi connectivity index (χ2v) is 10.9. The lowest BCUT2D eigenvalue weighted by molar-refractivity contribution is 0.0487. The summed E-state index contributed by atoms with van der Waals surface area (Å²) in [6, 6.07) is 27.4. The molecule has 6 nitrogen and oxygen atoms in total. The molecule has 0 unspecified atom stereocenters. The van der Waals surface area contributed by atoms with Crippen molar-refractivity contribution in [3.63, 3.8) is 0 Å². The number of para-hydroxylation sites is 1. The van der Waals surface area contributed by atoms with Crippen LogP contribution in [0.3, 0.4) is 0 Å². The van der Waals surface area contributed by atoms with Crippen LogP contribution in [0.1, 0.15) is 38.0 Å². The molecule has 4 aromatic carbocycles. The van der Waals surface area contributed by atoms with Gasteiger partial charge in [-0.15, -0.1) is 0 Å². The lowest BCUT2D eigenvalue weighted by Crippen LogP contribution is -2.53. The zero-order valence-corrected chi connectivity index (χ0v) is 23.7. The lowest BCUT2D eigenvalue weighted by atomic mass is 10.0. The summed E-state index contributed by atoms with van der Waals surface area (Å²) in [7, 11) is 0. The van der Waals surface area contributed by atoms with Gasteiger partial charge in [-0.3, -0.25) is 15.0 Å². The van der Waals surface area contributed by atoms with Crippen molar-refractivity contribution in [2.24, 2.45) is 0 Å². The van der Waals surface area contributed by atoms with E-state index in [-0.39, 0.29) is 5.91 Å². The van der Waals surface area contributed by atoms with Gasteiger partial charge in [0.05, 0.1) is 5.56 Å². The van der Waals surface area contributed by atoms with E-state index in [9.17, 15) is 9.59 Å². The van der Waals surface area contributed by atoms with Gasteiger partial charge in [-0.2, -0.15) is 0 Å². The molecule has 0 aliphatic carbocycles. The number of amides is 2. The van der Waals surface area contributed by atoms with Crippen LogP contribution < -0.4 is 15.5 Å². The predicted octanol–water partition coefficient (Wildman–Crippen LogP) is 7.20. The Kier molecular flexibility index (Phi) is 7.68. The number of halogens is 3. The van der Waals surface area contributed by atoms with Crippen LogP contribution in [0.4, 0.5) is 5.69 Å². The lowest BCUT2D eigenvalue weighted by Gasteiger charge is -2.38. The van der Waals surface area contributed by atoms with E-state index in [1.807, 2.05) is 60.7 Å². The average molecular weight is 689 g/mol. The molecule has 0 saturated carbocycles.